The van der Waals surface area contributed by atoms with Crippen molar-refractivity contribution in [2.45, 2.75) is 25.6 Å². The van der Waals surface area contributed by atoms with Gasteiger partial charge in [0.1, 0.15) is 11.9 Å². The van der Waals surface area contributed by atoms with Crippen LogP contribution in [0.15, 0.2) is 18.3 Å². The number of hydrogen-bond acceptors (Lipinski definition) is 5. The highest BCUT2D eigenvalue weighted by Gasteiger charge is 2.33. The number of ether oxygens (including phenoxy) is 2. The van der Waals surface area contributed by atoms with E-state index in [4.69, 9.17) is 14.7 Å². The summed E-state index contributed by atoms with van der Waals surface area (Å²) in [6, 6.07) is 5.74. The Bertz CT molecular complexity index is 465. The molecule has 1 fully saturated rings. The van der Waals surface area contributed by atoms with E-state index >= 15 is 0 Å². The average Bonchev–Trinajstić information content (AvgIpc) is 2.37. The van der Waals surface area contributed by atoms with E-state index < -0.39 is 0 Å². The Kier molecular flexibility index (Phi) is 4.03. The first-order valence-electron chi connectivity index (χ1n) is 6.32. The molecule has 0 spiro atoms. The zero-order valence-corrected chi connectivity index (χ0v) is 11.6. The van der Waals surface area contributed by atoms with Crippen molar-refractivity contribution >= 4 is 5.82 Å². The number of aromatic nitrogens is 1. The van der Waals surface area contributed by atoms with Crippen LogP contribution in [-0.4, -0.2) is 43.5 Å². The lowest BCUT2D eigenvalue weighted by atomic mass is 10.1. The smallest absolute Gasteiger partial charge is 0.128 e. The van der Waals surface area contributed by atoms with E-state index in [1.165, 1.54) is 0 Å². The summed E-state index contributed by atoms with van der Waals surface area (Å²) in [6.45, 7) is 6.20. The number of pyridine rings is 1. The summed E-state index contributed by atoms with van der Waals surface area (Å²) in [4.78, 5) is 6.52. The Balaban J connectivity index is 2.15. The van der Waals surface area contributed by atoms with Crippen molar-refractivity contribution in [3.05, 3.63) is 23.9 Å². The lowest BCUT2D eigenvalue weighted by Crippen LogP contribution is -2.54. The van der Waals surface area contributed by atoms with E-state index in [0.29, 0.717) is 12.2 Å². The molecule has 1 aliphatic heterocycles. The van der Waals surface area contributed by atoms with Gasteiger partial charge in [-0.05, 0) is 26.0 Å². The molecule has 0 aliphatic carbocycles. The molecule has 1 saturated heterocycles. The molecule has 0 unspecified atom stereocenters. The minimum absolute atomic E-state index is 0.0335. The summed E-state index contributed by atoms with van der Waals surface area (Å²) in [7, 11) is 1.68. The maximum absolute atomic E-state index is 8.79. The molecule has 5 heteroatoms. The molecule has 0 radical (unpaired) electrons. The van der Waals surface area contributed by atoms with Gasteiger partial charge in [0.2, 0.25) is 0 Å². The zero-order chi connectivity index (χ0) is 13.9. The highest BCUT2D eigenvalue weighted by atomic mass is 16.5. The third-order valence-electron chi connectivity index (χ3n) is 3.03. The summed E-state index contributed by atoms with van der Waals surface area (Å²) in [5.41, 5.74) is 0.335. The number of nitrogens with zero attached hydrogens (tertiary/aromatic N) is 3. The summed E-state index contributed by atoms with van der Waals surface area (Å²) in [5.74, 6) is 0.872. The summed E-state index contributed by atoms with van der Waals surface area (Å²) in [6.07, 6.45) is 1.63. The Hall–Kier alpha value is -1.64. The summed E-state index contributed by atoms with van der Waals surface area (Å²) < 4.78 is 11.1. The van der Waals surface area contributed by atoms with Crippen molar-refractivity contribution in [3.63, 3.8) is 0 Å². The predicted octanol–water partition coefficient (Wildman–Crippen LogP) is 1.58. The zero-order valence-electron chi connectivity index (χ0n) is 11.6. The van der Waals surface area contributed by atoms with Gasteiger partial charge in [-0.1, -0.05) is 0 Å². The standard InChI is InChI=1S/C14H19N3O2/c1-14(2)10-17(8-12(19-14)9-18-3)13-5-4-11(6-15)7-16-13/h4-5,7,12H,8-10H2,1-3H3/t12-/m0/s1. The van der Waals surface area contributed by atoms with Gasteiger partial charge in [-0.15, -0.1) is 0 Å². The van der Waals surface area contributed by atoms with Crippen molar-refractivity contribution < 1.29 is 9.47 Å². The second kappa shape index (κ2) is 5.55. The van der Waals surface area contributed by atoms with Crippen LogP contribution in [0.25, 0.3) is 0 Å². The molecule has 1 atom stereocenters. The minimum atomic E-state index is -0.239. The van der Waals surface area contributed by atoms with E-state index in [9.17, 15) is 0 Å². The monoisotopic (exact) mass is 261 g/mol. The first kappa shape index (κ1) is 13.8. The van der Waals surface area contributed by atoms with Gasteiger partial charge in [0, 0.05) is 26.4 Å². The number of morpholine rings is 1. The molecule has 0 amide bonds. The Morgan fingerprint density at radius 1 is 1.58 bits per heavy atom. The Morgan fingerprint density at radius 2 is 2.37 bits per heavy atom. The fourth-order valence-corrected chi connectivity index (χ4v) is 2.38. The van der Waals surface area contributed by atoms with Gasteiger partial charge >= 0.3 is 0 Å². The van der Waals surface area contributed by atoms with E-state index in [-0.39, 0.29) is 11.7 Å². The third kappa shape index (κ3) is 3.43. The van der Waals surface area contributed by atoms with Crippen LogP contribution in [-0.2, 0) is 9.47 Å². The average molecular weight is 261 g/mol. The molecule has 0 saturated carbocycles. The maximum atomic E-state index is 8.79. The Morgan fingerprint density at radius 3 is 2.95 bits per heavy atom. The summed E-state index contributed by atoms with van der Waals surface area (Å²) in [5, 5.41) is 8.79. The molecule has 0 N–H and O–H groups in total. The SMILES string of the molecule is COC[C@@H]1CN(c2ccc(C#N)cn2)CC(C)(C)O1. The van der Waals surface area contributed by atoms with E-state index in [1.54, 1.807) is 19.4 Å². The molecule has 0 aromatic carbocycles. The highest BCUT2D eigenvalue weighted by Crippen LogP contribution is 2.25. The molecule has 1 aromatic rings. The van der Waals surface area contributed by atoms with Crippen molar-refractivity contribution in [2.24, 2.45) is 0 Å². The molecule has 19 heavy (non-hydrogen) atoms. The van der Waals surface area contributed by atoms with Crippen LogP contribution in [0.2, 0.25) is 0 Å². The van der Waals surface area contributed by atoms with E-state index in [1.807, 2.05) is 6.07 Å². The third-order valence-corrected chi connectivity index (χ3v) is 3.03. The molecule has 2 heterocycles. The van der Waals surface area contributed by atoms with Crippen LogP contribution < -0.4 is 4.90 Å². The van der Waals surface area contributed by atoms with Crippen molar-refractivity contribution in [3.8, 4) is 6.07 Å². The molecule has 1 aromatic heterocycles. The fourth-order valence-electron chi connectivity index (χ4n) is 2.38. The molecule has 2 rings (SSSR count). The first-order valence-corrected chi connectivity index (χ1v) is 6.32. The second-order valence-electron chi connectivity index (χ2n) is 5.35. The lowest BCUT2D eigenvalue weighted by molar-refractivity contribution is -0.106. The fraction of sp³-hybridized carbons (Fsp3) is 0.571. The van der Waals surface area contributed by atoms with Gasteiger partial charge in [0.05, 0.1) is 23.9 Å². The van der Waals surface area contributed by atoms with Gasteiger partial charge in [0.15, 0.2) is 0 Å². The van der Waals surface area contributed by atoms with Crippen molar-refractivity contribution in [1.29, 1.82) is 5.26 Å². The van der Waals surface area contributed by atoms with Gasteiger partial charge in [-0.2, -0.15) is 5.26 Å². The van der Waals surface area contributed by atoms with Gasteiger partial charge in [-0.3, -0.25) is 0 Å². The van der Waals surface area contributed by atoms with Crippen LogP contribution in [0, 0.1) is 11.3 Å². The normalized spacial score (nSPS) is 22.0. The van der Waals surface area contributed by atoms with Gasteiger partial charge < -0.3 is 14.4 Å². The van der Waals surface area contributed by atoms with Crippen LogP contribution in [0.5, 0.6) is 0 Å². The second-order valence-corrected chi connectivity index (χ2v) is 5.35. The predicted molar refractivity (Wildman–Crippen MR) is 72.0 cm³/mol. The van der Waals surface area contributed by atoms with Crippen molar-refractivity contribution in [1.82, 2.24) is 4.98 Å². The molecule has 102 valence electrons. The molecular formula is C14H19N3O2. The molecule has 0 bridgehead atoms. The number of nitriles is 1. The van der Waals surface area contributed by atoms with Crippen LogP contribution in [0.1, 0.15) is 19.4 Å². The van der Waals surface area contributed by atoms with Crippen LogP contribution >= 0.6 is 0 Å². The molecule has 1 aliphatic rings. The highest BCUT2D eigenvalue weighted by molar-refractivity contribution is 5.42. The topological polar surface area (TPSA) is 58.4 Å². The molecular weight excluding hydrogens is 242 g/mol. The largest absolute Gasteiger partial charge is 0.382 e. The summed E-state index contributed by atoms with van der Waals surface area (Å²) >= 11 is 0. The number of methoxy groups -OCH3 is 1. The Labute approximate surface area is 113 Å². The van der Waals surface area contributed by atoms with E-state index in [2.05, 4.69) is 29.8 Å². The quantitative estimate of drug-likeness (QED) is 0.827. The minimum Gasteiger partial charge on any atom is -0.382 e. The van der Waals surface area contributed by atoms with Gasteiger partial charge in [-0.25, -0.2) is 4.98 Å². The van der Waals surface area contributed by atoms with Crippen LogP contribution in [0.3, 0.4) is 0 Å². The van der Waals surface area contributed by atoms with Crippen LogP contribution in [0.4, 0.5) is 5.82 Å². The molecule has 5 nitrogen and oxygen atoms in total. The first-order chi connectivity index (χ1) is 9.04. The number of rotatable bonds is 3. The van der Waals surface area contributed by atoms with Gasteiger partial charge in [0.25, 0.3) is 0 Å². The van der Waals surface area contributed by atoms with Crippen molar-refractivity contribution in [2.75, 3.05) is 31.7 Å². The number of hydrogen-bond donors (Lipinski definition) is 0. The number of anilines is 1. The lowest BCUT2D eigenvalue weighted by Gasteiger charge is -2.43. The van der Waals surface area contributed by atoms with E-state index in [0.717, 1.165) is 18.9 Å². The maximum Gasteiger partial charge on any atom is 0.128 e.